The molecule has 0 radical (unpaired) electrons. The monoisotopic (exact) mass is 373 g/mol. The van der Waals surface area contributed by atoms with Gasteiger partial charge in [-0.25, -0.2) is 0 Å². The summed E-state index contributed by atoms with van der Waals surface area (Å²) in [6.07, 6.45) is 4.50. The minimum atomic E-state index is -0.494. The topological polar surface area (TPSA) is 111 Å². The lowest BCUT2D eigenvalue weighted by Gasteiger charge is -2.23. The van der Waals surface area contributed by atoms with Crippen LogP contribution >= 0.6 is 0 Å². The molecule has 0 fully saturated rings. The van der Waals surface area contributed by atoms with Crippen molar-refractivity contribution in [2.75, 3.05) is 25.6 Å². The van der Waals surface area contributed by atoms with Crippen molar-refractivity contribution < 1.29 is 14.5 Å². The predicted molar refractivity (Wildman–Crippen MR) is 99.8 cm³/mol. The number of methoxy groups -OCH3 is 1. The number of rotatable bonds is 7. The molecule has 1 aromatic heterocycles. The van der Waals surface area contributed by atoms with Crippen LogP contribution in [0.15, 0.2) is 24.4 Å². The molecule has 0 bridgehead atoms. The summed E-state index contributed by atoms with van der Waals surface area (Å²) >= 11 is 0. The van der Waals surface area contributed by atoms with Crippen molar-refractivity contribution in [2.45, 2.75) is 25.3 Å². The number of nitrogens with zero attached hydrogens (tertiary/aromatic N) is 3. The van der Waals surface area contributed by atoms with E-state index in [4.69, 9.17) is 4.74 Å². The normalized spacial score (nSPS) is 15.9. The minimum absolute atomic E-state index is 0.131. The molecule has 0 spiro atoms. The second kappa shape index (κ2) is 8.17. The molecule has 9 nitrogen and oxygen atoms in total. The highest BCUT2D eigenvalue weighted by Gasteiger charge is 2.26. The highest BCUT2D eigenvalue weighted by atomic mass is 16.6. The number of amides is 1. The van der Waals surface area contributed by atoms with Gasteiger partial charge in [0, 0.05) is 43.6 Å². The maximum Gasteiger partial charge on any atom is 0.293 e. The lowest BCUT2D eigenvalue weighted by Crippen LogP contribution is -2.31. The Kier molecular flexibility index (Phi) is 5.70. The van der Waals surface area contributed by atoms with Crippen LogP contribution in [0.4, 0.5) is 11.4 Å². The highest BCUT2D eigenvalue weighted by Crippen LogP contribution is 2.30. The van der Waals surface area contributed by atoms with E-state index in [2.05, 4.69) is 15.7 Å². The maximum absolute atomic E-state index is 12.7. The van der Waals surface area contributed by atoms with Gasteiger partial charge in [0.05, 0.1) is 23.8 Å². The van der Waals surface area contributed by atoms with Crippen molar-refractivity contribution >= 4 is 17.3 Å². The van der Waals surface area contributed by atoms with E-state index in [0.29, 0.717) is 18.8 Å². The second-order valence-electron chi connectivity index (χ2n) is 6.50. The van der Waals surface area contributed by atoms with Gasteiger partial charge in [0.2, 0.25) is 0 Å². The Morgan fingerprint density at radius 2 is 2.30 bits per heavy atom. The Hall–Kier alpha value is -2.94. The Morgan fingerprint density at radius 3 is 3.04 bits per heavy atom. The van der Waals surface area contributed by atoms with Gasteiger partial charge in [-0.15, -0.1) is 0 Å². The average Bonchev–Trinajstić information content (AvgIpc) is 3.04. The molecule has 3 rings (SSSR count). The average molecular weight is 373 g/mol. The third-order valence-electron chi connectivity index (χ3n) is 4.76. The van der Waals surface area contributed by atoms with E-state index in [9.17, 15) is 14.9 Å². The highest BCUT2D eigenvalue weighted by molar-refractivity contribution is 5.96. The Balaban J connectivity index is 1.77. The fourth-order valence-corrected chi connectivity index (χ4v) is 3.36. The molecule has 2 aromatic rings. The molecule has 0 saturated heterocycles. The number of aryl methyl sites for hydroxylation is 1. The number of hydrogen-bond donors (Lipinski definition) is 2. The minimum Gasteiger partial charge on any atom is -0.383 e. The van der Waals surface area contributed by atoms with Crippen LogP contribution in [0.2, 0.25) is 0 Å². The van der Waals surface area contributed by atoms with E-state index in [1.807, 2.05) is 11.7 Å². The maximum atomic E-state index is 12.7. The number of nitro benzene ring substituents is 1. The number of carbonyl (C=O) groups excluding carboxylic acids is 1. The standard InChI is InChI=1S/C18H23N5O4/c1-22-16-5-3-4-14(13(16)11-20-22)21-18(24)12-6-7-15(19-8-9-27-2)17(10-12)23(25)26/h6-7,10-11,14,19H,3-5,8-9H2,1-2H3,(H,21,24)/t14-/m1/s1. The number of carbonyl (C=O) groups is 1. The van der Waals surface area contributed by atoms with Gasteiger partial charge >= 0.3 is 0 Å². The van der Waals surface area contributed by atoms with Crippen LogP contribution in [-0.4, -0.2) is 40.9 Å². The summed E-state index contributed by atoms with van der Waals surface area (Å²) < 4.78 is 6.77. The molecule has 2 N–H and O–H groups in total. The molecule has 1 aliphatic carbocycles. The van der Waals surface area contributed by atoms with E-state index >= 15 is 0 Å². The van der Waals surface area contributed by atoms with Gasteiger partial charge in [0.15, 0.2) is 0 Å². The van der Waals surface area contributed by atoms with Gasteiger partial charge in [0.1, 0.15) is 5.69 Å². The first kappa shape index (κ1) is 18.8. The molecule has 1 atom stereocenters. The summed E-state index contributed by atoms with van der Waals surface area (Å²) in [5, 5.41) is 21.6. The summed E-state index contributed by atoms with van der Waals surface area (Å²) in [6, 6.07) is 4.31. The Labute approximate surface area is 156 Å². The van der Waals surface area contributed by atoms with Gasteiger partial charge in [0.25, 0.3) is 11.6 Å². The van der Waals surface area contributed by atoms with Crippen LogP contribution in [0, 0.1) is 10.1 Å². The van der Waals surface area contributed by atoms with Gasteiger partial charge in [-0.2, -0.15) is 5.10 Å². The summed E-state index contributed by atoms with van der Waals surface area (Å²) in [7, 11) is 3.45. The SMILES string of the molecule is COCCNc1ccc(C(=O)N[C@@H]2CCCc3c2cnn3C)cc1[N+](=O)[O-]. The number of fused-ring (bicyclic) bond motifs is 1. The smallest absolute Gasteiger partial charge is 0.293 e. The van der Waals surface area contributed by atoms with Gasteiger partial charge in [-0.05, 0) is 31.4 Å². The first-order valence-corrected chi connectivity index (χ1v) is 8.84. The van der Waals surface area contributed by atoms with Crippen LogP contribution in [0.25, 0.3) is 0 Å². The van der Waals surface area contributed by atoms with Crippen molar-refractivity contribution in [1.29, 1.82) is 0 Å². The lowest BCUT2D eigenvalue weighted by atomic mass is 9.92. The van der Waals surface area contributed by atoms with Crippen LogP contribution in [-0.2, 0) is 18.2 Å². The molecule has 9 heteroatoms. The molecule has 144 valence electrons. The van der Waals surface area contributed by atoms with Crippen LogP contribution in [0.5, 0.6) is 0 Å². The third kappa shape index (κ3) is 4.08. The Morgan fingerprint density at radius 1 is 1.48 bits per heavy atom. The predicted octanol–water partition coefficient (Wildman–Crippen LogP) is 2.19. The van der Waals surface area contributed by atoms with Crippen LogP contribution < -0.4 is 10.6 Å². The summed E-state index contributed by atoms with van der Waals surface area (Å²) in [4.78, 5) is 23.6. The van der Waals surface area contributed by atoms with E-state index in [1.165, 1.54) is 6.07 Å². The van der Waals surface area contributed by atoms with E-state index < -0.39 is 4.92 Å². The zero-order valence-electron chi connectivity index (χ0n) is 15.4. The zero-order chi connectivity index (χ0) is 19.4. The van der Waals surface area contributed by atoms with Gasteiger partial charge < -0.3 is 15.4 Å². The van der Waals surface area contributed by atoms with Crippen LogP contribution in [0.1, 0.15) is 40.5 Å². The van der Waals surface area contributed by atoms with Crippen molar-refractivity contribution in [2.24, 2.45) is 7.05 Å². The van der Waals surface area contributed by atoms with Crippen molar-refractivity contribution in [3.63, 3.8) is 0 Å². The first-order chi connectivity index (χ1) is 13.0. The quantitative estimate of drug-likeness (QED) is 0.437. The molecule has 1 heterocycles. The molecule has 1 aromatic carbocycles. The summed E-state index contributed by atoms with van der Waals surface area (Å²) in [6.45, 7) is 0.864. The number of aromatic nitrogens is 2. The first-order valence-electron chi connectivity index (χ1n) is 8.84. The number of hydrogen-bond acceptors (Lipinski definition) is 6. The van der Waals surface area contributed by atoms with E-state index in [1.54, 1.807) is 25.4 Å². The van der Waals surface area contributed by atoms with Gasteiger partial charge in [-0.1, -0.05) is 0 Å². The number of nitrogens with one attached hydrogen (secondary N) is 2. The number of nitro groups is 1. The zero-order valence-corrected chi connectivity index (χ0v) is 15.4. The number of benzene rings is 1. The van der Waals surface area contributed by atoms with Crippen molar-refractivity contribution in [3.05, 3.63) is 51.3 Å². The van der Waals surface area contributed by atoms with E-state index in [0.717, 1.165) is 30.5 Å². The summed E-state index contributed by atoms with van der Waals surface area (Å²) in [5.74, 6) is -0.330. The molecule has 0 aliphatic heterocycles. The summed E-state index contributed by atoms with van der Waals surface area (Å²) in [5.41, 5.74) is 2.62. The van der Waals surface area contributed by atoms with E-state index in [-0.39, 0.29) is 23.2 Å². The fraction of sp³-hybridized carbons (Fsp3) is 0.444. The third-order valence-corrected chi connectivity index (χ3v) is 4.76. The molecule has 0 unspecified atom stereocenters. The molecule has 0 saturated carbocycles. The van der Waals surface area contributed by atoms with Crippen LogP contribution in [0.3, 0.4) is 0 Å². The molecule has 1 amide bonds. The Bertz CT molecular complexity index is 848. The fourth-order valence-electron chi connectivity index (χ4n) is 3.36. The lowest BCUT2D eigenvalue weighted by molar-refractivity contribution is -0.384. The van der Waals surface area contributed by atoms with Crippen molar-refractivity contribution in [3.8, 4) is 0 Å². The van der Waals surface area contributed by atoms with Gasteiger partial charge in [-0.3, -0.25) is 19.6 Å². The largest absolute Gasteiger partial charge is 0.383 e. The second-order valence-corrected chi connectivity index (χ2v) is 6.50. The molecular formula is C18H23N5O4. The molecule has 1 aliphatic rings. The van der Waals surface area contributed by atoms with Crippen molar-refractivity contribution in [1.82, 2.24) is 15.1 Å². The number of ether oxygens (including phenoxy) is 1. The molecular weight excluding hydrogens is 350 g/mol. The molecule has 27 heavy (non-hydrogen) atoms. The number of anilines is 1.